The van der Waals surface area contributed by atoms with E-state index in [0.29, 0.717) is 11.5 Å². The van der Waals surface area contributed by atoms with Gasteiger partial charge in [0.2, 0.25) is 5.95 Å². The number of nitrogens with two attached hydrogens (primary N) is 1. The summed E-state index contributed by atoms with van der Waals surface area (Å²) in [6.45, 7) is 3.52. The van der Waals surface area contributed by atoms with Crippen LogP contribution in [0.1, 0.15) is 30.3 Å². The molecule has 1 aromatic heterocycles. The van der Waals surface area contributed by atoms with Gasteiger partial charge in [-0.05, 0) is 12.8 Å². The lowest BCUT2D eigenvalue weighted by molar-refractivity contribution is 0.101. The van der Waals surface area contributed by atoms with Crippen LogP contribution in [0.2, 0.25) is 0 Å². The van der Waals surface area contributed by atoms with Gasteiger partial charge in [0.05, 0.1) is 0 Å². The number of hydrogen-bond donors (Lipinski definition) is 1. The van der Waals surface area contributed by atoms with E-state index in [1.54, 1.807) is 4.57 Å². The number of Topliss-reactive ketones (excluding diaryl/α,β-unsaturated/α-hetero) is 1. The van der Waals surface area contributed by atoms with Gasteiger partial charge in [-0.3, -0.25) is 4.79 Å². The van der Waals surface area contributed by atoms with Gasteiger partial charge in [0.15, 0.2) is 11.6 Å². The van der Waals surface area contributed by atoms with Crippen LogP contribution < -0.4 is 10.6 Å². The zero-order valence-electron chi connectivity index (χ0n) is 9.16. The Labute approximate surface area is 88.9 Å². The summed E-state index contributed by atoms with van der Waals surface area (Å²) in [5, 5.41) is 0. The van der Waals surface area contributed by atoms with E-state index >= 15 is 0 Å². The molecule has 0 atom stereocenters. The molecular weight excluding hydrogens is 192 g/mol. The van der Waals surface area contributed by atoms with Crippen LogP contribution >= 0.6 is 0 Å². The summed E-state index contributed by atoms with van der Waals surface area (Å²) in [7, 11) is 1.84. The van der Waals surface area contributed by atoms with Gasteiger partial charge < -0.3 is 15.2 Å². The lowest BCUT2D eigenvalue weighted by Gasteiger charge is -2.16. The highest BCUT2D eigenvalue weighted by atomic mass is 16.1. The van der Waals surface area contributed by atoms with Crippen LogP contribution in [-0.2, 0) is 7.05 Å². The summed E-state index contributed by atoms with van der Waals surface area (Å²) in [5.41, 5.74) is 6.24. The van der Waals surface area contributed by atoms with E-state index in [4.69, 9.17) is 5.73 Å². The second kappa shape index (κ2) is 3.56. The number of ketones is 1. The van der Waals surface area contributed by atoms with Crippen LogP contribution in [0.25, 0.3) is 0 Å². The van der Waals surface area contributed by atoms with Gasteiger partial charge in [-0.15, -0.1) is 0 Å². The summed E-state index contributed by atoms with van der Waals surface area (Å²) in [6, 6.07) is 0. The number of nitrogens with zero attached hydrogens (tertiary/aromatic N) is 3. The second-order valence-electron chi connectivity index (χ2n) is 3.96. The van der Waals surface area contributed by atoms with Gasteiger partial charge in [0.25, 0.3) is 0 Å². The maximum atomic E-state index is 11.4. The van der Waals surface area contributed by atoms with Crippen molar-refractivity contribution in [2.24, 2.45) is 7.05 Å². The van der Waals surface area contributed by atoms with Gasteiger partial charge >= 0.3 is 0 Å². The fourth-order valence-corrected chi connectivity index (χ4v) is 2.12. The number of hydrogen-bond acceptors (Lipinski definition) is 4. The fraction of sp³-hybridized carbons (Fsp3) is 0.600. The van der Waals surface area contributed by atoms with E-state index in [2.05, 4.69) is 9.88 Å². The Morgan fingerprint density at radius 3 is 2.47 bits per heavy atom. The molecule has 0 radical (unpaired) electrons. The molecule has 15 heavy (non-hydrogen) atoms. The van der Waals surface area contributed by atoms with Crippen LogP contribution in [0, 0.1) is 0 Å². The van der Waals surface area contributed by atoms with Crippen LogP contribution in [0.15, 0.2) is 0 Å². The zero-order valence-corrected chi connectivity index (χ0v) is 9.16. The van der Waals surface area contributed by atoms with Crippen molar-refractivity contribution in [1.29, 1.82) is 0 Å². The van der Waals surface area contributed by atoms with Crippen molar-refractivity contribution in [2.75, 3.05) is 23.7 Å². The maximum absolute atomic E-state index is 11.4. The number of nitrogen functional groups attached to an aromatic ring is 1. The lowest BCUT2D eigenvalue weighted by atomic mass is 10.3. The normalized spacial score (nSPS) is 16.0. The van der Waals surface area contributed by atoms with Crippen LogP contribution in [0.3, 0.4) is 0 Å². The van der Waals surface area contributed by atoms with E-state index in [1.807, 2.05) is 7.05 Å². The standard InChI is InChI=1S/C10H16N4O/c1-7(15)8-9(11)12-10(13(8)2)14-5-3-4-6-14/h3-6,11H2,1-2H3. The highest BCUT2D eigenvalue weighted by Crippen LogP contribution is 2.23. The molecule has 1 saturated heterocycles. The fourth-order valence-electron chi connectivity index (χ4n) is 2.12. The SMILES string of the molecule is CC(=O)c1c(N)nc(N2CCCC2)n1C. The molecule has 1 fully saturated rings. The average molecular weight is 208 g/mol. The summed E-state index contributed by atoms with van der Waals surface area (Å²) < 4.78 is 1.79. The molecule has 5 nitrogen and oxygen atoms in total. The number of imidazole rings is 1. The van der Waals surface area contributed by atoms with Crippen molar-refractivity contribution in [2.45, 2.75) is 19.8 Å². The largest absolute Gasteiger partial charge is 0.382 e. The number of carbonyl (C=O) groups excluding carboxylic acids is 1. The van der Waals surface area contributed by atoms with Crippen molar-refractivity contribution in [3.8, 4) is 0 Å². The molecule has 2 heterocycles. The molecule has 0 aromatic carbocycles. The molecule has 2 N–H and O–H groups in total. The highest BCUT2D eigenvalue weighted by Gasteiger charge is 2.22. The summed E-state index contributed by atoms with van der Waals surface area (Å²) >= 11 is 0. The first-order chi connectivity index (χ1) is 7.11. The first kappa shape index (κ1) is 10.0. The van der Waals surface area contributed by atoms with Crippen molar-refractivity contribution < 1.29 is 4.79 Å². The molecular formula is C10H16N4O. The van der Waals surface area contributed by atoms with E-state index in [1.165, 1.54) is 19.8 Å². The third kappa shape index (κ3) is 1.58. The average Bonchev–Trinajstić information content (AvgIpc) is 2.72. The predicted molar refractivity (Wildman–Crippen MR) is 59.1 cm³/mol. The van der Waals surface area contributed by atoms with Crippen LogP contribution in [-0.4, -0.2) is 28.4 Å². The van der Waals surface area contributed by atoms with Gasteiger partial charge in [-0.25, -0.2) is 0 Å². The molecule has 82 valence electrons. The molecule has 0 aliphatic carbocycles. The third-order valence-electron chi connectivity index (χ3n) is 2.82. The second-order valence-corrected chi connectivity index (χ2v) is 3.96. The van der Waals surface area contributed by atoms with Crippen LogP contribution in [0.4, 0.5) is 11.8 Å². The van der Waals surface area contributed by atoms with Crippen molar-refractivity contribution >= 4 is 17.5 Å². The minimum atomic E-state index is -0.0343. The molecule has 0 saturated carbocycles. The molecule has 1 aliphatic rings. The Kier molecular flexibility index (Phi) is 2.38. The van der Waals surface area contributed by atoms with Gasteiger partial charge in [0.1, 0.15) is 5.69 Å². The number of aromatic nitrogens is 2. The van der Waals surface area contributed by atoms with Crippen molar-refractivity contribution in [1.82, 2.24) is 9.55 Å². The molecule has 5 heteroatoms. The molecule has 2 rings (SSSR count). The van der Waals surface area contributed by atoms with E-state index in [-0.39, 0.29) is 5.78 Å². The molecule has 0 bridgehead atoms. The molecule has 1 aromatic rings. The van der Waals surface area contributed by atoms with Gasteiger partial charge in [-0.2, -0.15) is 4.98 Å². The first-order valence-corrected chi connectivity index (χ1v) is 5.19. The lowest BCUT2D eigenvalue weighted by Crippen LogP contribution is -2.22. The molecule has 0 unspecified atom stereocenters. The van der Waals surface area contributed by atoms with E-state index < -0.39 is 0 Å². The Morgan fingerprint density at radius 1 is 1.40 bits per heavy atom. The number of rotatable bonds is 2. The van der Waals surface area contributed by atoms with E-state index in [0.717, 1.165) is 19.0 Å². The number of anilines is 2. The molecule has 0 spiro atoms. The Balaban J connectivity index is 2.40. The van der Waals surface area contributed by atoms with E-state index in [9.17, 15) is 4.79 Å². The van der Waals surface area contributed by atoms with Gasteiger partial charge in [0, 0.05) is 27.1 Å². The topological polar surface area (TPSA) is 64.2 Å². The Hall–Kier alpha value is -1.52. The van der Waals surface area contributed by atoms with Crippen molar-refractivity contribution in [3.05, 3.63) is 5.69 Å². The summed E-state index contributed by atoms with van der Waals surface area (Å²) in [4.78, 5) is 17.8. The Bertz CT molecular complexity index is 390. The molecule has 1 aliphatic heterocycles. The van der Waals surface area contributed by atoms with Crippen molar-refractivity contribution in [3.63, 3.8) is 0 Å². The third-order valence-corrected chi connectivity index (χ3v) is 2.82. The number of carbonyl (C=O) groups is 1. The Morgan fingerprint density at radius 2 is 2.00 bits per heavy atom. The smallest absolute Gasteiger partial charge is 0.207 e. The summed E-state index contributed by atoms with van der Waals surface area (Å²) in [5.74, 6) is 1.12. The monoisotopic (exact) mass is 208 g/mol. The predicted octanol–water partition coefficient (Wildman–Crippen LogP) is 0.805. The highest BCUT2D eigenvalue weighted by molar-refractivity contribution is 5.97. The maximum Gasteiger partial charge on any atom is 0.207 e. The van der Waals surface area contributed by atoms with Gasteiger partial charge in [-0.1, -0.05) is 0 Å². The first-order valence-electron chi connectivity index (χ1n) is 5.19. The minimum absolute atomic E-state index is 0.0343. The quantitative estimate of drug-likeness (QED) is 0.730. The minimum Gasteiger partial charge on any atom is -0.382 e. The summed E-state index contributed by atoms with van der Waals surface area (Å²) in [6.07, 6.45) is 2.37. The van der Waals surface area contributed by atoms with Crippen LogP contribution in [0.5, 0.6) is 0 Å². The zero-order chi connectivity index (χ0) is 11.0. The molecule has 0 amide bonds.